The van der Waals surface area contributed by atoms with Gasteiger partial charge in [0.15, 0.2) is 0 Å². The van der Waals surface area contributed by atoms with Crippen LogP contribution in [0.3, 0.4) is 0 Å². The predicted molar refractivity (Wildman–Crippen MR) is 144 cm³/mol. The van der Waals surface area contributed by atoms with Crippen molar-refractivity contribution in [1.82, 2.24) is 9.97 Å². The van der Waals surface area contributed by atoms with Crippen LogP contribution >= 0.6 is 11.6 Å². The van der Waals surface area contributed by atoms with Crippen LogP contribution in [0.25, 0.3) is 11.3 Å². The van der Waals surface area contributed by atoms with Crippen molar-refractivity contribution in [3.05, 3.63) is 64.6 Å². The average molecular weight is 494 g/mol. The van der Waals surface area contributed by atoms with Gasteiger partial charge in [-0.15, -0.1) is 0 Å². The van der Waals surface area contributed by atoms with Crippen molar-refractivity contribution in [3.8, 4) is 22.8 Å². The highest BCUT2D eigenvalue weighted by Gasteiger charge is 2.28. The monoisotopic (exact) mass is 493 g/mol. The van der Waals surface area contributed by atoms with Crippen LogP contribution in [-0.4, -0.2) is 36.3 Å². The van der Waals surface area contributed by atoms with Crippen molar-refractivity contribution in [2.45, 2.75) is 53.9 Å². The van der Waals surface area contributed by atoms with Gasteiger partial charge in [0.1, 0.15) is 24.7 Å². The number of hydrogen-bond acceptors (Lipinski definition) is 5. The molecule has 4 rings (SSSR count). The van der Waals surface area contributed by atoms with E-state index in [1.54, 1.807) is 6.20 Å². The summed E-state index contributed by atoms with van der Waals surface area (Å²) >= 11 is 6.01. The summed E-state index contributed by atoms with van der Waals surface area (Å²) in [7, 11) is 0. The Morgan fingerprint density at radius 3 is 2.37 bits per heavy atom. The lowest BCUT2D eigenvalue weighted by atomic mass is 9.82. The number of pyridine rings is 2. The minimum Gasteiger partial charge on any atom is -0.490 e. The Balaban J connectivity index is 1.45. The number of anilines is 1. The third-order valence-corrected chi connectivity index (χ3v) is 7.15. The standard InChI is InChI=1S/C29H36ClN3O2/c1-6-24-21(3)31-19-25(28(24)33-13-11-29(4,5)12-14-33)26-9-8-23(18-32-26)34-15-16-35-27-10-7-22(30)17-20(27)2/h7-10,17-19H,6,11-16H2,1-5H3. The third-order valence-electron chi connectivity index (χ3n) is 6.91. The zero-order chi connectivity index (χ0) is 25.0. The molecule has 1 aromatic carbocycles. The number of piperidine rings is 1. The van der Waals surface area contributed by atoms with E-state index >= 15 is 0 Å². The number of aromatic nitrogens is 2. The molecule has 35 heavy (non-hydrogen) atoms. The van der Waals surface area contributed by atoms with Crippen molar-refractivity contribution in [1.29, 1.82) is 0 Å². The lowest BCUT2D eigenvalue weighted by Crippen LogP contribution is -2.38. The van der Waals surface area contributed by atoms with E-state index in [1.807, 2.05) is 43.5 Å². The van der Waals surface area contributed by atoms with Crippen LogP contribution in [0.5, 0.6) is 11.5 Å². The third kappa shape index (κ3) is 6.07. The number of aryl methyl sites for hydroxylation is 2. The Morgan fingerprint density at radius 1 is 0.971 bits per heavy atom. The van der Waals surface area contributed by atoms with Crippen molar-refractivity contribution in [2.24, 2.45) is 5.41 Å². The molecule has 5 nitrogen and oxygen atoms in total. The molecule has 0 unspecified atom stereocenters. The van der Waals surface area contributed by atoms with Crippen LogP contribution in [0.2, 0.25) is 5.02 Å². The van der Waals surface area contributed by atoms with E-state index < -0.39 is 0 Å². The molecule has 0 aliphatic carbocycles. The molecule has 0 saturated carbocycles. The molecule has 2 aromatic heterocycles. The minimum atomic E-state index is 0.401. The molecule has 1 aliphatic rings. The maximum absolute atomic E-state index is 6.01. The number of nitrogens with zero attached hydrogens (tertiary/aromatic N) is 3. The lowest BCUT2D eigenvalue weighted by molar-refractivity contribution is 0.216. The summed E-state index contributed by atoms with van der Waals surface area (Å²) in [6.07, 6.45) is 7.10. The number of hydrogen-bond donors (Lipinski definition) is 0. The van der Waals surface area contributed by atoms with Gasteiger partial charge in [-0.3, -0.25) is 9.97 Å². The molecule has 6 heteroatoms. The van der Waals surface area contributed by atoms with E-state index in [0.29, 0.717) is 23.7 Å². The van der Waals surface area contributed by atoms with Gasteiger partial charge in [-0.2, -0.15) is 0 Å². The van der Waals surface area contributed by atoms with E-state index in [2.05, 4.69) is 32.6 Å². The molecule has 3 aromatic rings. The van der Waals surface area contributed by atoms with Gasteiger partial charge < -0.3 is 14.4 Å². The second-order valence-corrected chi connectivity index (χ2v) is 10.5. The summed E-state index contributed by atoms with van der Waals surface area (Å²) in [4.78, 5) is 12.0. The van der Waals surface area contributed by atoms with Gasteiger partial charge in [0.25, 0.3) is 0 Å². The van der Waals surface area contributed by atoms with Gasteiger partial charge in [-0.1, -0.05) is 32.4 Å². The Labute approximate surface area is 214 Å². The largest absolute Gasteiger partial charge is 0.490 e. The van der Waals surface area contributed by atoms with E-state index in [0.717, 1.165) is 53.5 Å². The van der Waals surface area contributed by atoms with Crippen molar-refractivity contribution >= 4 is 17.3 Å². The van der Waals surface area contributed by atoms with E-state index in [4.69, 9.17) is 31.0 Å². The van der Waals surface area contributed by atoms with Gasteiger partial charge in [-0.05, 0) is 80.0 Å². The molecule has 186 valence electrons. The first-order valence-corrected chi connectivity index (χ1v) is 12.9. The van der Waals surface area contributed by atoms with Gasteiger partial charge in [-0.25, -0.2) is 0 Å². The van der Waals surface area contributed by atoms with Crippen LogP contribution in [0.15, 0.2) is 42.7 Å². The summed E-state index contributed by atoms with van der Waals surface area (Å²) in [5, 5.41) is 0.708. The number of benzene rings is 1. The Hall–Kier alpha value is -2.79. The molecular formula is C29H36ClN3O2. The van der Waals surface area contributed by atoms with Gasteiger partial charge in [0.05, 0.1) is 17.6 Å². The highest BCUT2D eigenvalue weighted by atomic mass is 35.5. The first-order valence-electron chi connectivity index (χ1n) is 12.5. The Bertz CT molecular complexity index is 1150. The van der Waals surface area contributed by atoms with Gasteiger partial charge >= 0.3 is 0 Å². The molecule has 0 radical (unpaired) electrons. The fraction of sp³-hybridized carbons (Fsp3) is 0.448. The van der Waals surface area contributed by atoms with Crippen LogP contribution < -0.4 is 14.4 Å². The van der Waals surface area contributed by atoms with Crippen molar-refractivity contribution in [3.63, 3.8) is 0 Å². The lowest BCUT2D eigenvalue weighted by Gasteiger charge is -2.40. The highest BCUT2D eigenvalue weighted by Crippen LogP contribution is 2.39. The van der Waals surface area contributed by atoms with Crippen molar-refractivity contribution in [2.75, 3.05) is 31.2 Å². The maximum Gasteiger partial charge on any atom is 0.137 e. The minimum absolute atomic E-state index is 0.401. The van der Waals surface area contributed by atoms with E-state index in [1.165, 1.54) is 24.1 Å². The molecule has 0 amide bonds. The SMILES string of the molecule is CCc1c(C)ncc(-c2ccc(OCCOc3ccc(Cl)cc3C)cn2)c1N1CCC(C)(C)CC1. The normalized spacial score (nSPS) is 15.2. The van der Waals surface area contributed by atoms with Gasteiger partial charge in [0, 0.05) is 35.6 Å². The number of ether oxygens (including phenoxy) is 2. The summed E-state index contributed by atoms with van der Waals surface area (Å²) in [6, 6.07) is 9.61. The zero-order valence-electron chi connectivity index (χ0n) is 21.5. The molecule has 3 heterocycles. The highest BCUT2D eigenvalue weighted by molar-refractivity contribution is 6.30. The topological polar surface area (TPSA) is 47.5 Å². The summed E-state index contributed by atoms with van der Waals surface area (Å²) in [5.74, 6) is 1.54. The smallest absolute Gasteiger partial charge is 0.137 e. The Kier molecular flexibility index (Phi) is 7.85. The van der Waals surface area contributed by atoms with Crippen molar-refractivity contribution < 1.29 is 9.47 Å². The quantitative estimate of drug-likeness (QED) is 0.314. The summed E-state index contributed by atoms with van der Waals surface area (Å²) in [5.41, 5.74) is 7.15. The number of halogens is 1. The first kappa shape index (κ1) is 25.3. The molecule has 1 saturated heterocycles. The molecule has 0 N–H and O–H groups in total. The molecule has 0 spiro atoms. The molecular weight excluding hydrogens is 458 g/mol. The van der Waals surface area contributed by atoms with Crippen LogP contribution in [-0.2, 0) is 6.42 Å². The second-order valence-electron chi connectivity index (χ2n) is 10.1. The fourth-order valence-corrected chi connectivity index (χ4v) is 4.88. The van der Waals surface area contributed by atoms with Crippen LogP contribution in [0, 0.1) is 19.3 Å². The Morgan fingerprint density at radius 2 is 1.71 bits per heavy atom. The maximum atomic E-state index is 6.01. The van der Waals surface area contributed by atoms with Crippen LogP contribution in [0.4, 0.5) is 5.69 Å². The molecule has 0 atom stereocenters. The fourth-order valence-electron chi connectivity index (χ4n) is 4.65. The summed E-state index contributed by atoms with van der Waals surface area (Å²) < 4.78 is 11.7. The second kappa shape index (κ2) is 10.9. The zero-order valence-corrected chi connectivity index (χ0v) is 22.3. The predicted octanol–water partition coefficient (Wildman–Crippen LogP) is 7.06. The molecule has 0 bridgehead atoms. The van der Waals surface area contributed by atoms with E-state index in [9.17, 15) is 0 Å². The molecule has 1 fully saturated rings. The van der Waals surface area contributed by atoms with Gasteiger partial charge in [0.2, 0.25) is 0 Å². The average Bonchev–Trinajstić information content (AvgIpc) is 2.83. The number of rotatable bonds is 8. The molecule has 1 aliphatic heterocycles. The first-order chi connectivity index (χ1) is 16.8. The summed E-state index contributed by atoms with van der Waals surface area (Å²) in [6.45, 7) is 14.0. The van der Waals surface area contributed by atoms with E-state index in [-0.39, 0.29) is 0 Å². The van der Waals surface area contributed by atoms with Crippen LogP contribution in [0.1, 0.15) is 50.4 Å².